The molecule has 1 N–H and O–H groups in total. The fraction of sp³-hybridized carbons (Fsp3) is 0.318. The summed E-state index contributed by atoms with van der Waals surface area (Å²) in [6, 6.07) is 18.4. The number of rotatable bonds is 8. The molecule has 0 saturated carbocycles. The molecule has 1 aromatic heterocycles. The van der Waals surface area contributed by atoms with Gasteiger partial charge in [0.15, 0.2) is 0 Å². The van der Waals surface area contributed by atoms with Crippen LogP contribution in [-0.2, 0) is 29.4 Å². The second-order valence-corrected chi connectivity index (χ2v) is 8.98. The van der Waals surface area contributed by atoms with Gasteiger partial charge in [0.2, 0.25) is 10.0 Å². The first-order valence-corrected chi connectivity index (χ1v) is 11.1. The highest BCUT2D eigenvalue weighted by molar-refractivity contribution is 7.89. The van der Waals surface area contributed by atoms with E-state index < -0.39 is 10.0 Å². The predicted molar refractivity (Wildman–Crippen MR) is 112 cm³/mol. The average molecular weight is 398 g/mol. The monoisotopic (exact) mass is 397 g/mol. The highest BCUT2D eigenvalue weighted by Gasteiger charge is 2.21. The molecule has 5 nitrogen and oxygen atoms in total. The molecule has 0 saturated heterocycles. The van der Waals surface area contributed by atoms with E-state index in [1.165, 1.54) is 0 Å². The molecule has 0 aliphatic heterocycles. The van der Waals surface area contributed by atoms with Gasteiger partial charge in [0.25, 0.3) is 0 Å². The predicted octanol–water partition coefficient (Wildman–Crippen LogP) is 4.11. The summed E-state index contributed by atoms with van der Waals surface area (Å²) in [4.78, 5) is 0.262. The summed E-state index contributed by atoms with van der Waals surface area (Å²) in [5.74, 6) is 0.471. The van der Waals surface area contributed by atoms with Crippen LogP contribution < -0.4 is 4.72 Å². The maximum absolute atomic E-state index is 12.6. The number of para-hydroxylation sites is 1. The summed E-state index contributed by atoms with van der Waals surface area (Å²) < 4.78 is 29.9. The highest BCUT2D eigenvalue weighted by atomic mass is 32.2. The maximum Gasteiger partial charge on any atom is 0.240 e. The van der Waals surface area contributed by atoms with Crippen molar-refractivity contribution in [1.82, 2.24) is 14.5 Å². The van der Waals surface area contributed by atoms with Gasteiger partial charge >= 0.3 is 0 Å². The second-order valence-electron chi connectivity index (χ2n) is 7.21. The molecule has 0 amide bonds. The van der Waals surface area contributed by atoms with E-state index in [2.05, 4.69) is 25.5 Å². The van der Waals surface area contributed by atoms with Crippen molar-refractivity contribution in [2.24, 2.45) is 5.92 Å². The Morgan fingerprint density at radius 1 is 1.00 bits per heavy atom. The number of sulfonamides is 1. The first-order valence-electron chi connectivity index (χ1n) is 9.62. The summed E-state index contributed by atoms with van der Waals surface area (Å²) in [5, 5.41) is 4.79. The van der Waals surface area contributed by atoms with Crippen molar-refractivity contribution in [3.8, 4) is 5.69 Å². The van der Waals surface area contributed by atoms with Gasteiger partial charge in [-0.3, -0.25) is 0 Å². The van der Waals surface area contributed by atoms with E-state index in [1.54, 1.807) is 30.3 Å². The molecule has 0 unspecified atom stereocenters. The molecule has 3 rings (SSSR count). The Morgan fingerprint density at radius 2 is 1.61 bits per heavy atom. The molecule has 1 heterocycles. The van der Waals surface area contributed by atoms with E-state index in [0.29, 0.717) is 5.92 Å². The molecule has 6 heteroatoms. The van der Waals surface area contributed by atoms with Crippen LogP contribution in [0.5, 0.6) is 0 Å². The number of hydrogen-bond acceptors (Lipinski definition) is 3. The SMILES string of the molecule is CCc1c(CNS(=O)(=O)c2ccccc2)nn(-c2ccccc2)c1CC(C)C. The molecule has 3 aromatic rings. The summed E-state index contributed by atoms with van der Waals surface area (Å²) >= 11 is 0. The lowest BCUT2D eigenvalue weighted by Gasteiger charge is -2.11. The topological polar surface area (TPSA) is 64.0 Å². The summed E-state index contributed by atoms with van der Waals surface area (Å²) in [7, 11) is -3.57. The third-order valence-electron chi connectivity index (χ3n) is 4.61. The fourth-order valence-electron chi connectivity index (χ4n) is 3.31. The van der Waals surface area contributed by atoms with Crippen LogP contribution in [0.1, 0.15) is 37.7 Å². The van der Waals surface area contributed by atoms with Gasteiger partial charge in [-0.1, -0.05) is 57.2 Å². The van der Waals surface area contributed by atoms with Crippen molar-refractivity contribution in [1.29, 1.82) is 0 Å². The number of nitrogens with one attached hydrogen (secondary N) is 1. The Balaban J connectivity index is 1.96. The molecule has 0 aliphatic carbocycles. The molecule has 28 heavy (non-hydrogen) atoms. The van der Waals surface area contributed by atoms with Crippen molar-refractivity contribution >= 4 is 10.0 Å². The zero-order valence-electron chi connectivity index (χ0n) is 16.6. The zero-order chi connectivity index (χ0) is 20.1. The van der Waals surface area contributed by atoms with Crippen LogP contribution in [0.2, 0.25) is 0 Å². The molecule has 148 valence electrons. The van der Waals surface area contributed by atoms with Crippen molar-refractivity contribution < 1.29 is 8.42 Å². The van der Waals surface area contributed by atoms with Gasteiger partial charge in [-0.15, -0.1) is 0 Å². The van der Waals surface area contributed by atoms with Crippen molar-refractivity contribution in [3.05, 3.63) is 77.6 Å². The number of hydrogen-bond donors (Lipinski definition) is 1. The van der Waals surface area contributed by atoms with Gasteiger partial charge in [-0.2, -0.15) is 5.10 Å². The molecule has 0 spiro atoms. The van der Waals surface area contributed by atoms with E-state index in [-0.39, 0.29) is 11.4 Å². The summed E-state index contributed by atoms with van der Waals surface area (Å²) in [6.45, 7) is 6.62. The first-order chi connectivity index (χ1) is 13.4. The zero-order valence-corrected chi connectivity index (χ0v) is 17.4. The normalized spacial score (nSPS) is 11.9. The highest BCUT2D eigenvalue weighted by Crippen LogP contribution is 2.23. The fourth-order valence-corrected chi connectivity index (χ4v) is 4.32. The quantitative estimate of drug-likeness (QED) is 0.622. The van der Waals surface area contributed by atoms with Crippen LogP contribution in [-0.4, -0.2) is 18.2 Å². The number of aromatic nitrogens is 2. The Bertz CT molecular complexity index is 1010. The van der Waals surface area contributed by atoms with E-state index in [4.69, 9.17) is 5.10 Å². The lowest BCUT2D eigenvalue weighted by atomic mass is 10.0. The molecule has 0 fully saturated rings. The lowest BCUT2D eigenvalue weighted by molar-refractivity contribution is 0.579. The molecular formula is C22H27N3O2S. The van der Waals surface area contributed by atoms with Gasteiger partial charge in [0, 0.05) is 5.69 Å². The lowest BCUT2D eigenvalue weighted by Crippen LogP contribution is -2.24. The van der Waals surface area contributed by atoms with Gasteiger partial charge in [-0.05, 0) is 48.6 Å². The Kier molecular flexibility index (Phi) is 6.31. The van der Waals surface area contributed by atoms with E-state index in [1.807, 2.05) is 35.0 Å². The van der Waals surface area contributed by atoms with Gasteiger partial charge in [0.1, 0.15) is 0 Å². The van der Waals surface area contributed by atoms with Crippen molar-refractivity contribution in [2.75, 3.05) is 0 Å². The Morgan fingerprint density at radius 3 is 2.18 bits per heavy atom. The molecule has 2 aromatic carbocycles. The Hall–Kier alpha value is -2.44. The smallest absolute Gasteiger partial charge is 0.237 e. The van der Waals surface area contributed by atoms with Crippen LogP contribution in [0.25, 0.3) is 5.69 Å². The van der Waals surface area contributed by atoms with Crippen LogP contribution >= 0.6 is 0 Å². The van der Waals surface area contributed by atoms with Crippen LogP contribution in [0.15, 0.2) is 65.6 Å². The third-order valence-corrected chi connectivity index (χ3v) is 6.03. The molecule has 0 atom stereocenters. The first kappa shape index (κ1) is 20.3. The molecule has 0 radical (unpaired) electrons. The number of benzene rings is 2. The second kappa shape index (κ2) is 8.71. The summed E-state index contributed by atoms with van der Waals surface area (Å²) in [5.41, 5.74) is 4.04. The minimum Gasteiger partial charge on any atom is -0.237 e. The molecular weight excluding hydrogens is 370 g/mol. The maximum atomic E-state index is 12.6. The van der Waals surface area contributed by atoms with Crippen molar-refractivity contribution in [3.63, 3.8) is 0 Å². The minimum absolute atomic E-state index is 0.172. The van der Waals surface area contributed by atoms with Gasteiger partial charge < -0.3 is 0 Å². The average Bonchev–Trinajstić information content (AvgIpc) is 3.04. The van der Waals surface area contributed by atoms with Crippen LogP contribution in [0.4, 0.5) is 0 Å². The molecule has 0 bridgehead atoms. The van der Waals surface area contributed by atoms with Crippen LogP contribution in [0.3, 0.4) is 0 Å². The number of nitrogens with zero attached hydrogens (tertiary/aromatic N) is 2. The van der Waals surface area contributed by atoms with E-state index in [9.17, 15) is 8.42 Å². The van der Waals surface area contributed by atoms with E-state index in [0.717, 1.165) is 35.5 Å². The Labute approximate surface area is 167 Å². The molecule has 0 aliphatic rings. The minimum atomic E-state index is -3.57. The standard InChI is InChI=1S/C22H27N3O2S/c1-4-20-21(16-23-28(26,27)19-13-9-6-10-14-19)24-25(22(20)15-17(2)3)18-11-7-5-8-12-18/h5-14,17,23H,4,15-16H2,1-3H3. The van der Waals surface area contributed by atoms with Crippen molar-refractivity contribution in [2.45, 2.75) is 45.1 Å². The summed E-state index contributed by atoms with van der Waals surface area (Å²) in [6.07, 6.45) is 1.69. The third kappa shape index (κ3) is 4.51. The van der Waals surface area contributed by atoms with Gasteiger partial charge in [0.05, 0.1) is 22.8 Å². The van der Waals surface area contributed by atoms with E-state index >= 15 is 0 Å². The van der Waals surface area contributed by atoms with Crippen LogP contribution in [0, 0.1) is 5.92 Å². The van der Waals surface area contributed by atoms with Gasteiger partial charge in [-0.25, -0.2) is 17.8 Å². The largest absolute Gasteiger partial charge is 0.240 e.